The standard InChI is InChI=1S/C11H12O3/c1-7-3-4-8(2)9(5-7)10(12)6-11(13)14/h3-5H,6H2,1-2H3,(H,13,14). The van der Waals surface area contributed by atoms with Crippen molar-refractivity contribution in [2.75, 3.05) is 0 Å². The molecular formula is C11H12O3. The Kier molecular flexibility index (Phi) is 3.02. The van der Waals surface area contributed by atoms with Crippen LogP contribution in [0.1, 0.15) is 27.9 Å². The number of carbonyl (C=O) groups excluding carboxylic acids is 1. The Morgan fingerprint density at radius 3 is 2.50 bits per heavy atom. The van der Waals surface area contributed by atoms with Crippen LogP contribution >= 0.6 is 0 Å². The van der Waals surface area contributed by atoms with E-state index in [9.17, 15) is 9.59 Å². The fraction of sp³-hybridized carbons (Fsp3) is 0.273. The van der Waals surface area contributed by atoms with Gasteiger partial charge in [0.2, 0.25) is 0 Å². The highest BCUT2D eigenvalue weighted by Crippen LogP contribution is 2.12. The molecule has 0 saturated carbocycles. The molecule has 0 unspecified atom stereocenters. The van der Waals surface area contributed by atoms with Crippen LogP contribution in [0.4, 0.5) is 0 Å². The van der Waals surface area contributed by atoms with Crippen molar-refractivity contribution in [1.82, 2.24) is 0 Å². The minimum atomic E-state index is -1.09. The summed E-state index contributed by atoms with van der Waals surface area (Å²) in [5.74, 6) is -1.42. The maximum Gasteiger partial charge on any atom is 0.311 e. The zero-order valence-corrected chi connectivity index (χ0v) is 8.20. The van der Waals surface area contributed by atoms with Gasteiger partial charge in [0.25, 0.3) is 0 Å². The average Bonchev–Trinajstić information content (AvgIpc) is 2.08. The lowest BCUT2D eigenvalue weighted by Crippen LogP contribution is -2.08. The van der Waals surface area contributed by atoms with Crippen LogP contribution in [0.3, 0.4) is 0 Å². The number of carboxylic acid groups (broad SMARTS) is 1. The van der Waals surface area contributed by atoms with Crippen molar-refractivity contribution in [2.45, 2.75) is 20.3 Å². The molecule has 1 aromatic carbocycles. The molecule has 0 atom stereocenters. The van der Waals surface area contributed by atoms with E-state index in [4.69, 9.17) is 5.11 Å². The highest BCUT2D eigenvalue weighted by molar-refractivity contribution is 6.06. The highest BCUT2D eigenvalue weighted by Gasteiger charge is 2.12. The second-order valence-corrected chi connectivity index (χ2v) is 3.31. The zero-order chi connectivity index (χ0) is 10.7. The molecule has 0 aliphatic carbocycles. The van der Waals surface area contributed by atoms with Crippen LogP contribution in [0, 0.1) is 13.8 Å². The van der Waals surface area contributed by atoms with E-state index < -0.39 is 12.4 Å². The van der Waals surface area contributed by atoms with Crippen molar-refractivity contribution < 1.29 is 14.7 Å². The monoisotopic (exact) mass is 192 g/mol. The number of carboxylic acids is 1. The summed E-state index contributed by atoms with van der Waals surface area (Å²) in [5, 5.41) is 8.48. The number of hydrogen-bond acceptors (Lipinski definition) is 2. The largest absolute Gasteiger partial charge is 0.481 e. The maximum atomic E-state index is 11.4. The Morgan fingerprint density at radius 1 is 1.29 bits per heavy atom. The maximum absolute atomic E-state index is 11.4. The van der Waals surface area contributed by atoms with Gasteiger partial charge in [0.05, 0.1) is 0 Å². The predicted molar refractivity (Wildman–Crippen MR) is 52.5 cm³/mol. The van der Waals surface area contributed by atoms with Crippen molar-refractivity contribution in [3.63, 3.8) is 0 Å². The van der Waals surface area contributed by atoms with Crippen molar-refractivity contribution in [3.05, 3.63) is 34.9 Å². The first-order valence-corrected chi connectivity index (χ1v) is 4.33. The van der Waals surface area contributed by atoms with Crippen molar-refractivity contribution in [2.24, 2.45) is 0 Å². The van der Waals surface area contributed by atoms with Crippen LogP contribution in [0.15, 0.2) is 18.2 Å². The number of aliphatic carboxylic acids is 1. The summed E-state index contributed by atoms with van der Waals surface area (Å²) in [7, 11) is 0. The predicted octanol–water partition coefficient (Wildman–Crippen LogP) is 1.96. The molecule has 1 aromatic rings. The summed E-state index contributed by atoms with van der Waals surface area (Å²) in [4.78, 5) is 21.8. The minimum absolute atomic E-state index is 0.335. The number of ketones is 1. The number of aryl methyl sites for hydroxylation is 2. The van der Waals surface area contributed by atoms with Crippen molar-refractivity contribution in [1.29, 1.82) is 0 Å². The number of carbonyl (C=O) groups is 2. The fourth-order valence-corrected chi connectivity index (χ4v) is 1.27. The van der Waals surface area contributed by atoms with Gasteiger partial charge in [-0.25, -0.2) is 0 Å². The molecule has 1 rings (SSSR count). The Hall–Kier alpha value is -1.64. The summed E-state index contributed by atoms with van der Waals surface area (Å²) < 4.78 is 0. The van der Waals surface area contributed by atoms with Gasteiger partial charge < -0.3 is 5.11 Å². The lowest BCUT2D eigenvalue weighted by atomic mass is 10.0. The molecule has 0 aliphatic rings. The van der Waals surface area contributed by atoms with Gasteiger partial charge in [-0.1, -0.05) is 17.7 Å². The summed E-state index contributed by atoms with van der Waals surface area (Å²) in [6, 6.07) is 5.44. The Morgan fingerprint density at radius 2 is 1.93 bits per heavy atom. The second kappa shape index (κ2) is 4.05. The highest BCUT2D eigenvalue weighted by atomic mass is 16.4. The SMILES string of the molecule is Cc1ccc(C)c(C(=O)CC(=O)O)c1. The minimum Gasteiger partial charge on any atom is -0.481 e. The average molecular weight is 192 g/mol. The number of rotatable bonds is 3. The van der Waals surface area contributed by atoms with E-state index in [1.807, 2.05) is 19.1 Å². The molecule has 3 heteroatoms. The fourth-order valence-electron chi connectivity index (χ4n) is 1.27. The molecule has 0 heterocycles. The van der Waals surface area contributed by atoms with E-state index >= 15 is 0 Å². The van der Waals surface area contributed by atoms with Gasteiger partial charge in [-0.15, -0.1) is 0 Å². The smallest absolute Gasteiger partial charge is 0.311 e. The van der Waals surface area contributed by atoms with Crippen molar-refractivity contribution >= 4 is 11.8 Å². The van der Waals surface area contributed by atoms with Gasteiger partial charge in [0.1, 0.15) is 6.42 Å². The van der Waals surface area contributed by atoms with E-state index in [1.165, 1.54) is 0 Å². The Labute approximate surface area is 82.4 Å². The Bertz CT molecular complexity index is 380. The Balaban J connectivity index is 3.00. The van der Waals surface area contributed by atoms with E-state index in [0.717, 1.165) is 11.1 Å². The van der Waals surface area contributed by atoms with Gasteiger partial charge in [-0.2, -0.15) is 0 Å². The van der Waals surface area contributed by atoms with Crippen LogP contribution in [0.25, 0.3) is 0 Å². The summed E-state index contributed by atoms with van der Waals surface area (Å²) >= 11 is 0. The third kappa shape index (κ3) is 2.42. The zero-order valence-electron chi connectivity index (χ0n) is 8.20. The first-order chi connectivity index (χ1) is 6.50. The van der Waals surface area contributed by atoms with E-state index in [1.54, 1.807) is 13.0 Å². The molecule has 0 fully saturated rings. The molecule has 0 bridgehead atoms. The van der Waals surface area contributed by atoms with E-state index in [2.05, 4.69) is 0 Å². The normalized spacial score (nSPS) is 9.86. The summed E-state index contributed by atoms with van der Waals surface area (Å²) in [5.41, 5.74) is 2.29. The molecule has 14 heavy (non-hydrogen) atoms. The van der Waals surface area contributed by atoms with Crippen LogP contribution in [-0.4, -0.2) is 16.9 Å². The van der Waals surface area contributed by atoms with E-state index in [-0.39, 0.29) is 5.78 Å². The van der Waals surface area contributed by atoms with Gasteiger partial charge in [0.15, 0.2) is 5.78 Å². The number of Topliss-reactive ketones (excluding diaryl/α,β-unsaturated/α-hetero) is 1. The third-order valence-electron chi connectivity index (χ3n) is 2.01. The molecule has 74 valence electrons. The number of hydrogen-bond donors (Lipinski definition) is 1. The first kappa shape index (κ1) is 10.4. The molecule has 3 nitrogen and oxygen atoms in total. The molecule has 0 spiro atoms. The van der Waals surface area contributed by atoms with Crippen LogP contribution in [0.2, 0.25) is 0 Å². The topological polar surface area (TPSA) is 54.4 Å². The van der Waals surface area contributed by atoms with Gasteiger partial charge in [-0.3, -0.25) is 9.59 Å². The summed E-state index contributed by atoms with van der Waals surface area (Å²) in [6.07, 6.45) is -0.440. The van der Waals surface area contributed by atoms with Crippen LogP contribution in [-0.2, 0) is 4.79 Å². The number of benzene rings is 1. The first-order valence-electron chi connectivity index (χ1n) is 4.33. The van der Waals surface area contributed by atoms with Gasteiger partial charge >= 0.3 is 5.97 Å². The molecule has 0 aliphatic heterocycles. The molecule has 0 saturated heterocycles. The van der Waals surface area contributed by atoms with Gasteiger partial charge in [-0.05, 0) is 25.5 Å². The van der Waals surface area contributed by atoms with E-state index in [0.29, 0.717) is 5.56 Å². The molecule has 0 aromatic heterocycles. The molecular weight excluding hydrogens is 180 g/mol. The lowest BCUT2D eigenvalue weighted by molar-refractivity contribution is -0.135. The second-order valence-electron chi connectivity index (χ2n) is 3.31. The quantitative estimate of drug-likeness (QED) is 0.588. The van der Waals surface area contributed by atoms with Crippen molar-refractivity contribution in [3.8, 4) is 0 Å². The molecule has 0 radical (unpaired) electrons. The summed E-state index contributed by atoms with van der Waals surface area (Å²) in [6.45, 7) is 3.67. The van der Waals surface area contributed by atoms with Crippen LogP contribution in [0.5, 0.6) is 0 Å². The third-order valence-corrected chi connectivity index (χ3v) is 2.01. The molecule has 0 amide bonds. The lowest BCUT2D eigenvalue weighted by Gasteiger charge is -2.03. The van der Waals surface area contributed by atoms with Crippen LogP contribution < -0.4 is 0 Å². The molecule has 1 N–H and O–H groups in total. The van der Waals surface area contributed by atoms with Gasteiger partial charge in [0, 0.05) is 5.56 Å².